The molecule has 0 bridgehead atoms. The molecule has 1 heterocycles. The van der Waals surface area contributed by atoms with Gasteiger partial charge in [0.1, 0.15) is 5.69 Å². The minimum atomic E-state index is 0.116. The van der Waals surface area contributed by atoms with Crippen molar-refractivity contribution < 1.29 is 0 Å². The zero-order chi connectivity index (χ0) is 11.4. The predicted molar refractivity (Wildman–Crippen MR) is 67.1 cm³/mol. The van der Waals surface area contributed by atoms with Gasteiger partial charge in [-0.05, 0) is 24.4 Å². The largest absolute Gasteiger partial charge is 0.375 e. The van der Waals surface area contributed by atoms with Gasteiger partial charge in [0.05, 0.1) is 23.4 Å². The maximum atomic E-state index is 5.22. The number of aromatic nitrogens is 2. The van der Waals surface area contributed by atoms with E-state index in [0.29, 0.717) is 5.69 Å². The Morgan fingerprint density at radius 1 is 1.38 bits per heavy atom. The molecule has 2 rings (SSSR count). The van der Waals surface area contributed by atoms with Crippen molar-refractivity contribution in [3.05, 3.63) is 36.2 Å². The Morgan fingerprint density at radius 3 is 2.88 bits per heavy atom. The summed E-state index contributed by atoms with van der Waals surface area (Å²) in [6, 6.07) is 7.61. The van der Waals surface area contributed by atoms with Crippen molar-refractivity contribution in [2.75, 3.05) is 0 Å². The minimum Gasteiger partial charge on any atom is -0.375 e. The summed E-state index contributed by atoms with van der Waals surface area (Å²) in [6.45, 7) is 0. The van der Waals surface area contributed by atoms with E-state index in [2.05, 4.69) is 32.7 Å². The highest BCUT2D eigenvalue weighted by atomic mass is 32.1. The Morgan fingerprint density at radius 2 is 2.12 bits per heavy atom. The molecule has 0 aliphatic rings. The summed E-state index contributed by atoms with van der Waals surface area (Å²) in [5.41, 5.74) is 9.98. The standard InChI is InChI=1S/C10H9N5S/c11-10(16)15-13-6-7-5-12-8-3-1-2-4-9(8)14-7/h1-6H,(H3,11,15,16)/b13-6+. The second kappa shape index (κ2) is 4.63. The molecule has 0 fully saturated rings. The summed E-state index contributed by atoms with van der Waals surface area (Å²) in [5.74, 6) is 0. The summed E-state index contributed by atoms with van der Waals surface area (Å²) in [6.07, 6.45) is 3.14. The highest BCUT2D eigenvalue weighted by molar-refractivity contribution is 7.80. The van der Waals surface area contributed by atoms with Crippen molar-refractivity contribution in [3.8, 4) is 0 Å². The van der Waals surface area contributed by atoms with Crippen LogP contribution in [0.25, 0.3) is 11.0 Å². The summed E-state index contributed by atoms with van der Waals surface area (Å²) in [7, 11) is 0. The van der Waals surface area contributed by atoms with Crippen LogP contribution in [0.15, 0.2) is 35.6 Å². The second-order valence-corrected chi connectivity index (χ2v) is 3.46. The van der Waals surface area contributed by atoms with E-state index in [1.54, 1.807) is 6.20 Å². The molecule has 6 heteroatoms. The highest BCUT2D eigenvalue weighted by Gasteiger charge is 1.95. The van der Waals surface area contributed by atoms with Gasteiger partial charge in [0.15, 0.2) is 5.11 Å². The van der Waals surface area contributed by atoms with Crippen molar-refractivity contribution in [3.63, 3.8) is 0 Å². The molecule has 3 N–H and O–H groups in total. The number of thiocarbonyl (C=S) groups is 1. The fourth-order valence-corrected chi connectivity index (χ4v) is 1.25. The zero-order valence-corrected chi connectivity index (χ0v) is 9.11. The third-order valence-electron chi connectivity index (χ3n) is 1.84. The fourth-order valence-electron chi connectivity index (χ4n) is 1.20. The number of nitrogens with one attached hydrogen (secondary N) is 1. The first-order valence-electron chi connectivity index (χ1n) is 4.56. The van der Waals surface area contributed by atoms with E-state index in [1.165, 1.54) is 6.21 Å². The Hall–Kier alpha value is -2.08. The van der Waals surface area contributed by atoms with Crippen LogP contribution in [0, 0.1) is 0 Å². The number of hydrogen-bond acceptors (Lipinski definition) is 4. The van der Waals surface area contributed by atoms with E-state index in [1.807, 2.05) is 24.3 Å². The Balaban J connectivity index is 2.26. The number of hydrogen-bond donors (Lipinski definition) is 2. The van der Waals surface area contributed by atoms with Crippen LogP contribution in [0.3, 0.4) is 0 Å². The molecule has 0 spiro atoms. The quantitative estimate of drug-likeness (QED) is 0.454. The molecule has 2 aromatic rings. The number of fused-ring (bicyclic) bond motifs is 1. The first kappa shape index (κ1) is 10.4. The molecule has 0 aliphatic carbocycles. The number of rotatable bonds is 2. The van der Waals surface area contributed by atoms with Gasteiger partial charge in [-0.15, -0.1) is 0 Å². The molecule has 5 nitrogen and oxygen atoms in total. The van der Waals surface area contributed by atoms with Gasteiger partial charge in [-0.1, -0.05) is 12.1 Å². The monoisotopic (exact) mass is 231 g/mol. The number of para-hydroxylation sites is 2. The van der Waals surface area contributed by atoms with Crippen molar-refractivity contribution in [2.24, 2.45) is 10.8 Å². The number of benzene rings is 1. The molecular weight excluding hydrogens is 222 g/mol. The lowest BCUT2D eigenvalue weighted by atomic mass is 10.3. The van der Waals surface area contributed by atoms with E-state index in [9.17, 15) is 0 Å². The molecule has 80 valence electrons. The van der Waals surface area contributed by atoms with E-state index in [-0.39, 0.29) is 5.11 Å². The number of nitrogens with two attached hydrogens (primary N) is 1. The van der Waals surface area contributed by atoms with Gasteiger partial charge in [-0.3, -0.25) is 10.4 Å². The van der Waals surface area contributed by atoms with Crippen LogP contribution >= 0.6 is 12.2 Å². The normalized spacial score (nSPS) is 10.8. The molecule has 0 saturated heterocycles. The Bertz CT molecular complexity index is 552. The minimum absolute atomic E-state index is 0.116. The third-order valence-corrected chi connectivity index (χ3v) is 1.93. The summed E-state index contributed by atoms with van der Waals surface area (Å²) in [4.78, 5) is 8.57. The average Bonchev–Trinajstić information content (AvgIpc) is 2.28. The van der Waals surface area contributed by atoms with Crippen LogP contribution in [0.1, 0.15) is 5.69 Å². The summed E-state index contributed by atoms with van der Waals surface area (Å²) >= 11 is 4.60. The van der Waals surface area contributed by atoms with Crippen LogP contribution in [0.4, 0.5) is 0 Å². The predicted octanol–water partition coefficient (Wildman–Crippen LogP) is 0.797. The van der Waals surface area contributed by atoms with E-state index in [0.717, 1.165) is 11.0 Å². The topological polar surface area (TPSA) is 76.2 Å². The number of hydrazone groups is 1. The third kappa shape index (κ3) is 2.48. The summed E-state index contributed by atoms with van der Waals surface area (Å²) in [5, 5.41) is 3.92. The van der Waals surface area contributed by atoms with E-state index < -0.39 is 0 Å². The SMILES string of the molecule is NC(=S)N/N=C/c1cnc2ccccc2n1. The average molecular weight is 231 g/mol. The molecule has 0 saturated carbocycles. The summed E-state index contributed by atoms with van der Waals surface area (Å²) < 4.78 is 0. The van der Waals surface area contributed by atoms with Gasteiger partial charge in [-0.25, -0.2) is 4.98 Å². The van der Waals surface area contributed by atoms with Crippen molar-refractivity contribution in [1.29, 1.82) is 0 Å². The van der Waals surface area contributed by atoms with Gasteiger partial charge in [-0.2, -0.15) is 5.10 Å². The van der Waals surface area contributed by atoms with Gasteiger partial charge < -0.3 is 5.73 Å². The van der Waals surface area contributed by atoms with Crippen molar-refractivity contribution in [2.45, 2.75) is 0 Å². The molecule has 0 unspecified atom stereocenters. The first-order valence-corrected chi connectivity index (χ1v) is 4.97. The Labute approximate surface area is 97.4 Å². The highest BCUT2D eigenvalue weighted by Crippen LogP contribution is 2.07. The molecule has 1 aromatic heterocycles. The molecular formula is C10H9N5S. The van der Waals surface area contributed by atoms with Crippen LogP contribution in [-0.4, -0.2) is 21.3 Å². The molecule has 0 amide bonds. The van der Waals surface area contributed by atoms with Gasteiger partial charge in [0.2, 0.25) is 0 Å². The van der Waals surface area contributed by atoms with Crippen LogP contribution in [0.5, 0.6) is 0 Å². The lowest BCUT2D eigenvalue weighted by molar-refractivity contribution is 1.04. The van der Waals surface area contributed by atoms with E-state index in [4.69, 9.17) is 5.73 Å². The van der Waals surface area contributed by atoms with Gasteiger partial charge in [0.25, 0.3) is 0 Å². The van der Waals surface area contributed by atoms with Gasteiger partial charge >= 0.3 is 0 Å². The first-order chi connectivity index (χ1) is 7.75. The molecule has 0 aliphatic heterocycles. The maximum Gasteiger partial charge on any atom is 0.184 e. The molecule has 0 radical (unpaired) electrons. The molecule has 0 atom stereocenters. The van der Waals surface area contributed by atoms with Crippen molar-refractivity contribution >= 4 is 34.6 Å². The maximum absolute atomic E-state index is 5.22. The lowest BCUT2D eigenvalue weighted by Gasteiger charge is -1.97. The zero-order valence-electron chi connectivity index (χ0n) is 8.29. The van der Waals surface area contributed by atoms with E-state index >= 15 is 0 Å². The molecule has 1 aromatic carbocycles. The lowest BCUT2D eigenvalue weighted by Crippen LogP contribution is -2.24. The molecule has 16 heavy (non-hydrogen) atoms. The Kier molecular flexibility index (Phi) is 3.02. The smallest absolute Gasteiger partial charge is 0.184 e. The fraction of sp³-hybridized carbons (Fsp3) is 0. The van der Waals surface area contributed by atoms with Crippen LogP contribution in [0.2, 0.25) is 0 Å². The van der Waals surface area contributed by atoms with Crippen molar-refractivity contribution in [1.82, 2.24) is 15.4 Å². The van der Waals surface area contributed by atoms with Crippen LogP contribution < -0.4 is 11.2 Å². The van der Waals surface area contributed by atoms with Gasteiger partial charge in [0, 0.05) is 0 Å². The van der Waals surface area contributed by atoms with Crippen LogP contribution in [-0.2, 0) is 0 Å². The second-order valence-electron chi connectivity index (χ2n) is 3.02. The number of nitrogens with zero attached hydrogens (tertiary/aromatic N) is 3.